The molecule has 1 aromatic carbocycles. The molecule has 3 rings (SSSR count). The predicted molar refractivity (Wildman–Crippen MR) is 90.8 cm³/mol. The number of nitrogens with one attached hydrogen (secondary N) is 1. The van der Waals surface area contributed by atoms with Gasteiger partial charge in [-0.15, -0.1) is 0 Å². The highest BCUT2D eigenvalue weighted by Gasteiger charge is 2.53. The monoisotopic (exact) mass is 351 g/mol. The highest BCUT2D eigenvalue weighted by atomic mass is 79.9. The molecule has 2 saturated carbocycles. The molecule has 2 atom stereocenters. The van der Waals surface area contributed by atoms with Crippen LogP contribution in [0.25, 0.3) is 0 Å². The van der Waals surface area contributed by atoms with Gasteiger partial charge in [0.05, 0.1) is 11.6 Å². The van der Waals surface area contributed by atoms with Crippen LogP contribution in [0.3, 0.4) is 0 Å². The van der Waals surface area contributed by atoms with E-state index in [4.69, 9.17) is 4.74 Å². The summed E-state index contributed by atoms with van der Waals surface area (Å²) in [4.78, 5) is 0. The second kappa shape index (κ2) is 6.29. The van der Waals surface area contributed by atoms with Crippen molar-refractivity contribution < 1.29 is 4.74 Å². The van der Waals surface area contributed by atoms with Crippen molar-refractivity contribution in [2.75, 3.05) is 20.2 Å². The quantitative estimate of drug-likeness (QED) is 0.734. The van der Waals surface area contributed by atoms with Crippen molar-refractivity contribution in [3.8, 4) is 5.75 Å². The van der Waals surface area contributed by atoms with E-state index in [-0.39, 0.29) is 0 Å². The third-order valence-electron chi connectivity index (χ3n) is 5.18. The molecule has 0 aliphatic heterocycles. The zero-order valence-electron chi connectivity index (χ0n) is 13.1. The summed E-state index contributed by atoms with van der Waals surface area (Å²) in [6, 6.07) is 6.56. The Morgan fingerprint density at radius 1 is 1.33 bits per heavy atom. The Kier molecular flexibility index (Phi) is 4.60. The van der Waals surface area contributed by atoms with Crippen LogP contribution in [-0.4, -0.2) is 20.2 Å². The van der Waals surface area contributed by atoms with Crippen LogP contribution in [0.2, 0.25) is 0 Å². The van der Waals surface area contributed by atoms with Gasteiger partial charge in [0.2, 0.25) is 0 Å². The van der Waals surface area contributed by atoms with Crippen LogP contribution >= 0.6 is 15.9 Å². The maximum atomic E-state index is 5.34. The van der Waals surface area contributed by atoms with E-state index in [1.807, 2.05) is 0 Å². The van der Waals surface area contributed by atoms with Crippen LogP contribution in [-0.2, 0) is 6.42 Å². The lowest BCUT2D eigenvalue weighted by atomic mass is 9.77. The molecule has 2 nitrogen and oxygen atoms in total. The Morgan fingerprint density at radius 2 is 2.10 bits per heavy atom. The van der Waals surface area contributed by atoms with Gasteiger partial charge in [0.25, 0.3) is 0 Å². The third kappa shape index (κ3) is 3.45. The van der Waals surface area contributed by atoms with Crippen LogP contribution in [0.1, 0.15) is 38.2 Å². The Morgan fingerprint density at radius 3 is 2.71 bits per heavy atom. The molecule has 3 heteroatoms. The van der Waals surface area contributed by atoms with Gasteiger partial charge in [-0.3, -0.25) is 0 Å². The third-order valence-corrected chi connectivity index (χ3v) is 5.80. The number of halogens is 1. The summed E-state index contributed by atoms with van der Waals surface area (Å²) in [6.45, 7) is 4.56. The van der Waals surface area contributed by atoms with Crippen molar-refractivity contribution >= 4 is 15.9 Å². The van der Waals surface area contributed by atoms with Crippen LogP contribution in [0.15, 0.2) is 22.7 Å². The molecule has 0 radical (unpaired) electrons. The largest absolute Gasteiger partial charge is 0.496 e. The minimum Gasteiger partial charge on any atom is -0.496 e. The Bertz CT molecular complexity index is 492. The first-order valence-electron chi connectivity index (χ1n) is 8.19. The number of fused-ring (bicyclic) bond motifs is 1. The highest BCUT2D eigenvalue weighted by molar-refractivity contribution is 9.10. The fourth-order valence-electron chi connectivity index (χ4n) is 4.14. The zero-order valence-corrected chi connectivity index (χ0v) is 14.7. The first-order chi connectivity index (χ1) is 10.2. The first-order valence-corrected chi connectivity index (χ1v) is 8.98. The van der Waals surface area contributed by atoms with Gasteiger partial charge in [-0.25, -0.2) is 0 Å². The fourth-order valence-corrected chi connectivity index (χ4v) is 4.73. The van der Waals surface area contributed by atoms with Gasteiger partial charge in [-0.2, -0.15) is 0 Å². The maximum absolute atomic E-state index is 5.34. The average molecular weight is 352 g/mol. The summed E-state index contributed by atoms with van der Waals surface area (Å²) in [6.07, 6.45) is 6.73. The van der Waals surface area contributed by atoms with Crippen molar-refractivity contribution in [2.24, 2.45) is 17.3 Å². The zero-order chi connectivity index (χ0) is 14.9. The minimum absolute atomic E-state index is 0.483. The molecule has 0 amide bonds. The van der Waals surface area contributed by atoms with Gasteiger partial charge in [-0.1, -0.05) is 13.0 Å². The Labute approximate surface area is 136 Å². The molecule has 0 heterocycles. The van der Waals surface area contributed by atoms with E-state index in [9.17, 15) is 0 Å². The molecule has 2 aliphatic rings. The van der Waals surface area contributed by atoms with Crippen LogP contribution in [0, 0.1) is 17.3 Å². The van der Waals surface area contributed by atoms with E-state index < -0.39 is 0 Å². The Balaban J connectivity index is 1.70. The second-order valence-electron chi connectivity index (χ2n) is 6.99. The molecular formula is C18H26BrNO. The summed E-state index contributed by atoms with van der Waals surface area (Å²) < 4.78 is 6.41. The van der Waals surface area contributed by atoms with Crippen LogP contribution in [0.4, 0.5) is 0 Å². The number of rotatable bonds is 7. The van der Waals surface area contributed by atoms with E-state index in [1.165, 1.54) is 44.2 Å². The van der Waals surface area contributed by atoms with Crippen molar-refractivity contribution in [3.63, 3.8) is 0 Å². The summed E-state index contributed by atoms with van der Waals surface area (Å²) in [5, 5.41) is 3.68. The van der Waals surface area contributed by atoms with Gasteiger partial charge in [0, 0.05) is 6.54 Å². The summed E-state index contributed by atoms with van der Waals surface area (Å²) >= 11 is 3.62. The standard InChI is InChI=1S/C18H26BrNO/c1-3-6-20-12-18(10-14-8-15(14)11-18)9-13-4-5-17(21-2)16(19)7-13/h4-5,7,14-15,20H,3,6,8-12H2,1-2H3. The summed E-state index contributed by atoms with van der Waals surface area (Å²) in [5.74, 6) is 2.97. The lowest BCUT2D eigenvalue weighted by Crippen LogP contribution is -2.35. The molecule has 1 N–H and O–H groups in total. The van der Waals surface area contributed by atoms with Crippen molar-refractivity contribution in [1.82, 2.24) is 5.32 Å². The molecular weight excluding hydrogens is 326 g/mol. The Hall–Kier alpha value is -0.540. The van der Waals surface area contributed by atoms with Crippen molar-refractivity contribution in [3.05, 3.63) is 28.2 Å². The molecule has 0 bridgehead atoms. The lowest BCUT2D eigenvalue weighted by Gasteiger charge is -2.32. The van der Waals surface area contributed by atoms with E-state index in [2.05, 4.69) is 46.4 Å². The summed E-state index contributed by atoms with van der Waals surface area (Å²) in [5.41, 5.74) is 1.92. The molecule has 0 saturated heterocycles. The van der Waals surface area contributed by atoms with Gasteiger partial charge >= 0.3 is 0 Å². The normalized spacial score (nSPS) is 30.2. The van der Waals surface area contributed by atoms with E-state index in [0.29, 0.717) is 5.41 Å². The molecule has 1 aromatic rings. The molecule has 2 unspecified atom stereocenters. The van der Waals surface area contributed by atoms with E-state index in [1.54, 1.807) is 7.11 Å². The van der Waals surface area contributed by atoms with Crippen molar-refractivity contribution in [2.45, 2.75) is 39.0 Å². The van der Waals surface area contributed by atoms with E-state index in [0.717, 1.165) is 28.6 Å². The first kappa shape index (κ1) is 15.4. The number of hydrogen-bond acceptors (Lipinski definition) is 2. The molecule has 2 fully saturated rings. The van der Waals surface area contributed by atoms with Gasteiger partial charge < -0.3 is 10.1 Å². The minimum atomic E-state index is 0.483. The number of hydrogen-bond donors (Lipinski definition) is 1. The lowest BCUT2D eigenvalue weighted by molar-refractivity contribution is 0.249. The smallest absolute Gasteiger partial charge is 0.133 e. The van der Waals surface area contributed by atoms with Gasteiger partial charge in [-0.05, 0) is 89.5 Å². The van der Waals surface area contributed by atoms with Crippen molar-refractivity contribution in [1.29, 1.82) is 0 Å². The molecule has 116 valence electrons. The van der Waals surface area contributed by atoms with E-state index >= 15 is 0 Å². The molecule has 21 heavy (non-hydrogen) atoms. The number of benzene rings is 1. The second-order valence-corrected chi connectivity index (χ2v) is 7.84. The number of methoxy groups -OCH3 is 1. The predicted octanol–water partition coefficient (Wildman–Crippen LogP) is 4.42. The fraction of sp³-hybridized carbons (Fsp3) is 0.667. The SMILES string of the molecule is CCCNCC1(Cc2ccc(OC)c(Br)c2)CC2CC2C1. The maximum Gasteiger partial charge on any atom is 0.133 e. The van der Waals surface area contributed by atoms with Gasteiger partial charge in [0.1, 0.15) is 5.75 Å². The summed E-state index contributed by atoms with van der Waals surface area (Å²) in [7, 11) is 1.72. The molecule has 0 spiro atoms. The molecule has 0 aromatic heterocycles. The molecule has 2 aliphatic carbocycles. The van der Waals surface area contributed by atoms with Crippen LogP contribution in [0.5, 0.6) is 5.75 Å². The average Bonchev–Trinajstić information content (AvgIpc) is 3.07. The number of ether oxygens (including phenoxy) is 1. The van der Waals surface area contributed by atoms with Crippen LogP contribution < -0.4 is 10.1 Å². The van der Waals surface area contributed by atoms with Gasteiger partial charge in [0.15, 0.2) is 0 Å². The highest BCUT2D eigenvalue weighted by Crippen LogP contribution is 2.60. The topological polar surface area (TPSA) is 21.3 Å².